The molecule has 0 N–H and O–H groups in total. The van der Waals surface area contributed by atoms with Gasteiger partial charge in [-0.05, 0) is 19.3 Å². The molecule has 0 aromatic heterocycles. The van der Waals surface area contributed by atoms with E-state index in [0.717, 1.165) is 6.42 Å². The van der Waals surface area contributed by atoms with Crippen molar-refractivity contribution in [2.24, 2.45) is 5.92 Å². The lowest BCUT2D eigenvalue weighted by Gasteiger charge is -2.16. The smallest absolute Gasteiger partial charge is 0.306 e. The van der Waals surface area contributed by atoms with Crippen molar-refractivity contribution in [1.29, 1.82) is 0 Å². The van der Waals surface area contributed by atoms with Gasteiger partial charge in [0.15, 0.2) is 0 Å². The van der Waals surface area contributed by atoms with E-state index in [0.29, 0.717) is 12.3 Å². The largest absolute Gasteiger partial charge is 0.462 e. The van der Waals surface area contributed by atoms with E-state index in [-0.39, 0.29) is 12.1 Å². The third-order valence-corrected chi connectivity index (χ3v) is 6.24. The van der Waals surface area contributed by atoms with E-state index in [9.17, 15) is 4.79 Å². The number of carbonyl (C=O) groups excluding carboxylic acids is 1. The number of carbonyl (C=O) groups is 1. The fourth-order valence-corrected chi connectivity index (χ4v) is 3.75. The molecule has 0 rings (SSSR count). The van der Waals surface area contributed by atoms with E-state index in [4.69, 9.17) is 4.74 Å². The zero-order valence-corrected chi connectivity index (χ0v) is 20.6. The first-order chi connectivity index (χ1) is 14.1. The summed E-state index contributed by atoms with van der Waals surface area (Å²) in [5, 5.41) is 0. The number of ether oxygens (including phenoxy) is 1. The van der Waals surface area contributed by atoms with Gasteiger partial charge in [-0.1, -0.05) is 136 Å². The summed E-state index contributed by atoms with van der Waals surface area (Å²) in [4.78, 5) is 11.7. The minimum absolute atomic E-state index is 0.0156. The normalized spacial score (nSPS) is 12.4. The Labute approximate surface area is 184 Å². The van der Waals surface area contributed by atoms with Gasteiger partial charge in [0.05, 0.1) is 0 Å². The van der Waals surface area contributed by atoms with Gasteiger partial charge in [0.1, 0.15) is 6.10 Å². The molecule has 0 aliphatic heterocycles. The summed E-state index contributed by atoms with van der Waals surface area (Å²) >= 11 is 0. The lowest BCUT2D eigenvalue weighted by Crippen LogP contribution is -2.19. The third kappa shape index (κ3) is 22.0. The minimum Gasteiger partial charge on any atom is -0.462 e. The lowest BCUT2D eigenvalue weighted by molar-refractivity contribution is -0.150. The van der Waals surface area contributed by atoms with Gasteiger partial charge in [-0.3, -0.25) is 4.79 Å². The van der Waals surface area contributed by atoms with E-state index >= 15 is 0 Å². The fourth-order valence-electron chi connectivity index (χ4n) is 3.75. The van der Waals surface area contributed by atoms with Crippen LogP contribution in [0.4, 0.5) is 0 Å². The van der Waals surface area contributed by atoms with Crippen molar-refractivity contribution in [2.75, 3.05) is 0 Å². The third-order valence-electron chi connectivity index (χ3n) is 6.24. The molecule has 2 heteroatoms. The zero-order valence-electron chi connectivity index (χ0n) is 20.6. The first-order valence-electron chi connectivity index (χ1n) is 13.3. The van der Waals surface area contributed by atoms with Gasteiger partial charge in [0.2, 0.25) is 0 Å². The van der Waals surface area contributed by atoms with Crippen molar-refractivity contribution in [3.8, 4) is 0 Å². The average molecular weight is 411 g/mol. The molecular weight excluding hydrogens is 356 g/mol. The molecule has 174 valence electrons. The Balaban J connectivity index is 3.14. The molecule has 0 saturated carbocycles. The predicted octanol–water partition coefficient (Wildman–Crippen LogP) is 9.40. The highest BCUT2D eigenvalue weighted by Gasteiger charge is 2.12. The molecule has 0 amide bonds. The SMILES string of the molecule is CCCCCCCCCCCCCCCCCCCCCC(=O)OC(C)C(C)C. The van der Waals surface area contributed by atoms with E-state index < -0.39 is 0 Å². The van der Waals surface area contributed by atoms with Crippen molar-refractivity contribution in [1.82, 2.24) is 0 Å². The van der Waals surface area contributed by atoms with Gasteiger partial charge in [-0.2, -0.15) is 0 Å². The molecule has 0 radical (unpaired) electrons. The molecule has 0 saturated heterocycles. The molecule has 0 aromatic rings. The zero-order chi connectivity index (χ0) is 21.6. The van der Waals surface area contributed by atoms with Crippen LogP contribution in [-0.2, 0) is 9.53 Å². The van der Waals surface area contributed by atoms with Crippen LogP contribution in [0, 0.1) is 5.92 Å². The fraction of sp³-hybridized carbons (Fsp3) is 0.963. The summed E-state index contributed by atoms with van der Waals surface area (Å²) in [6.07, 6.45) is 26.9. The quantitative estimate of drug-likeness (QED) is 0.131. The summed E-state index contributed by atoms with van der Waals surface area (Å²) in [7, 11) is 0. The molecule has 2 nitrogen and oxygen atoms in total. The Morgan fingerprint density at radius 2 is 0.862 bits per heavy atom. The molecule has 1 atom stereocenters. The first kappa shape index (κ1) is 28.5. The Bertz CT molecular complexity index is 337. The topological polar surface area (TPSA) is 26.3 Å². The van der Waals surface area contributed by atoms with Crippen LogP contribution in [-0.4, -0.2) is 12.1 Å². The maximum Gasteiger partial charge on any atom is 0.306 e. The average Bonchev–Trinajstić information content (AvgIpc) is 2.69. The van der Waals surface area contributed by atoms with Crippen LogP contribution in [0.2, 0.25) is 0 Å². The second kappa shape index (κ2) is 22.2. The second-order valence-electron chi connectivity index (χ2n) is 9.55. The monoisotopic (exact) mass is 410 g/mol. The molecule has 0 fully saturated rings. The van der Waals surface area contributed by atoms with Crippen molar-refractivity contribution >= 4 is 5.97 Å². The second-order valence-corrected chi connectivity index (χ2v) is 9.55. The summed E-state index contributed by atoms with van der Waals surface area (Å²) < 4.78 is 5.41. The number of rotatable bonds is 22. The Morgan fingerprint density at radius 1 is 0.552 bits per heavy atom. The lowest BCUT2D eigenvalue weighted by atomic mass is 10.0. The van der Waals surface area contributed by atoms with Gasteiger partial charge < -0.3 is 4.74 Å². The highest BCUT2D eigenvalue weighted by atomic mass is 16.5. The number of hydrogen-bond donors (Lipinski definition) is 0. The summed E-state index contributed by atoms with van der Waals surface area (Å²) in [5.41, 5.74) is 0. The molecule has 0 spiro atoms. The predicted molar refractivity (Wildman–Crippen MR) is 128 cm³/mol. The number of hydrogen-bond acceptors (Lipinski definition) is 2. The highest BCUT2D eigenvalue weighted by Crippen LogP contribution is 2.15. The Kier molecular flexibility index (Phi) is 21.8. The van der Waals surface area contributed by atoms with E-state index in [1.807, 2.05) is 6.92 Å². The van der Waals surface area contributed by atoms with Gasteiger partial charge >= 0.3 is 5.97 Å². The van der Waals surface area contributed by atoms with E-state index in [1.54, 1.807) is 0 Å². The maximum absolute atomic E-state index is 11.7. The van der Waals surface area contributed by atoms with Crippen molar-refractivity contribution in [3.63, 3.8) is 0 Å². The van der Waals surface area contributed by atoms with Crippen LogP contribution in [0.25, 0.3) is 0 Å². The molecule has 29 heavy (non-hydrogen) atoms. The molecular formula is C27H54O2. The molecule has 0 aromatic carbocycles. The molecule has 0 heterocycles. The van der Waals surface area contributed by atoms with Crippen molar-refractivity contribution in [3.05, 3.63) is 0 Å². The molecule has 1 unspecified atom stereocenters. The van der Waals surface area contributed by atoms with Crippen molar-refractivity contribution < 1.29 is 9.53 Å². The summed E-state index contributed by atoms with van der Waals surface area (Å²) in [6.45, 7) is 8.46. The van der Waals surface area contributed by atoms with Crippen LogP contribution in [0.15, 0.2) is 0 Å². The summed E-state index contributed by atoms with van der Waals surface area (Å²) in [5.74, 6) is 0.391. The van der Waals surface area contributed by atoms with Crippen LogP contribution in [0.5, 0.6) is 0 Å². The molecule has 0 aliphatic rings. The minimum atomic E-state index is -0.0156. The van der Waals surface area contributed by atoms with Crippen LogP contribution >= 0.6 is 0 Å². The first-order valence-corrected chi connectivity index (χ1v) is 13.3. The Hall–Kier alpha value is -0.530. The van der Waals surface area contributed by atoms with Gasteiger partial charge in [0, 0.05) is 6.42 Å². The van der Waals surface area contributed by atoms with Crippen molar-refractivity contribution in [2.45, 2.75) is 162 Å². The standard InChI is InChI=1S/C27H54O2/c1-5-6-7-8-9-10-11-12-13-14-15-16-17-18-19-20-21-22-23-24-27(28)29-26(4)25(2)3/h25-26H,5-24H2,1-4H3. The number of esters is 1. The van der Waals surface area contributed by atoms with Gasteiger partial charge in [0.25, 0.3) is 0 Å². The van der Waals surface area contributed by atoms with Crippen LogP contribution in [0.3, 0.4) is 0 Å². The summed E-state index contributed by atoms with van der Waals surface area (Å²) in [6, 6.07) is 0. The molecule has 0 aliphatic carbocycles. The Morgan fingerprint density at radius 3 is 1.17 bits per heavy atom. The van der Waals surface area contributed by atoms with Crippen LogP contribution in [0.1, 0.15) is 156 Å². The van der Waals surface area contributed by atoms with Gasteiger partial charge in [-0.15, -0.1) is 0 Å². The maximum atomic E-state index is 11.7. The number of unbranched alkanes of at least 4 members (excludes halogenated alkanes) is 18. The molecule has 0 bridgehead atoms. The van der Waals surface area contributed by atoms with E-state index in [2.05, 4.69) is 20.8 Å². The van der Waals surface area contributed by atoms with E-state index in [1.165, 1.54) is 116 Å². The highest BCUT2D eigenvalue weighted by molar-refractivity contribution is 5.69. The van der Waals surface area contributed by atoms with Gasteiger partial charge in [-0.25, -0.2) is 0 Å². The van der Waals surface area contributed by atoms with Crippen LogP contribution < -0.4 is 0 Å².